The Morgan fingerprint density at radius 2 is 1.59 bits per heavy atom. The van der Waals surface area contributed by atoms with Crippen molar-refractivity contribution in [3.8, 4) is 0 Å². The SMILES string of the molecule is CCN(C(=O)C(C)Sc1nc2ccccc2c(=O)n1Cc1ccccc1)c1ccccc1. The van der Waals surface area contributed by atoms with Crippen LogP contribution in [0.25, 0.3) is 10.9 Å². The number of amides is 1. The van der Waals surface area contributed by atoms with Crippen LogP contribution >= 0.6 is 11.8 Å². The van der Waals surface area contributed by atoms with Gasteiger partial charge in [0.25, 0.3) is 5.56 Å². The zero-order valence-electron chi connectivity index (χ0n) is 18.1. The summed E-state index contributed by atoms with van der Waals surface area (Å²) in [5, 5.41) is 0.707. The predicted molar refractivity (Wildman–Crippen MR) is 131 cm³/mol. The number of aromatic nitrogens is 2. The van der Waals surface area contributed by atoms with Gasteiger partial charge in [-0.3, -0.25) is 14.2 Å². The average Bonchev–Trinajstić information content (AvgIpc) is 2.83. The van der Waals surface area contributed by atoms with Gasteiger partial charge in [-0.25, -0.2) is 4.98 Å². The molecule has 0 spiro atoms. The van der Waals surface area contributed by atoms with Crippen LogP contribution in [0.4, 0.5) is 5.69 Å². The molecule has 162 valence electrons. The molecular weight excluding hydrogens is 418 g/mol. The van der Waals surface area contributed by atoms with Crippen molar-refractivity contribution >= 4 is 34.3 Å². The third kappa shape index (κ3) is 4.60. The van der Waals surface area contributed by atoms with Gasteiger partial charge in [0.15, 0.2) is 5.16 Å². The first-order valence-electron chi connectivity index (χ1n) is 10.6. The lowest BCUT2D eigenvalue weighted by Crippen LogP contribution is -2.37. The summed E-state index contributed by atoms with van der Waals surface area (Å²) >= 11 is 1.33. The number of hydrogen-bond donors (Lipinski definition) is 0. The Morgan fingerprint density at radius 3 is 2.28 bits per heavy atom. The number of nitrogens with zero attached hydrogens (tertiary/aromatic N) is 3. The topological polar surface area (TPSA) is 55.2 Å². The second-order valence-electron chi connectivity index (χ2n) is 7.47. The summed E-state index contributed by atoms with van der Waals surface area (Å²) in [6.45, 7) is 4.79. The molecule has 0 aliphatic carbocycles. The molecule has 0 fully saturated rings. The first-order chi connectivity index (χ1) is 15.6. The minimum absolute atomic E-state index is 0.0163. The van der Waals surface area contributed by atoms with Crippen LogP contribution in [0.5, 0.6) is 0 Å². The van der Waals surface area contributed by atoms with Crippen LogP contribution < -0.4 is 10.5 Å². The van der Waals surface area contributed by atoms with Crippen LogP contribution in [-0.2, 0) is 11.3 Å². The lowest BCUT2D eigenvalue weighted by molar-refractivity contribution is -0.117. The Labute approximate surface area is 191 Å². The van der Waals surface area contributed by atoms with Crippen molar-refractivity contribution in [2.24, 2.45) is 0 Å². The number of para-hydroxylation sites is 2. The maximum Gasteiger partial charge on any atom is 0.262 e. The van der Waals surface area contributed by atoms with E-state index in [0.29, 0.717) is 29.1 Å². The maximum atomic E-state index is 13.3. The van der Waals surface area contributed by atoms with Gasteiger partial charge in [0.05, 0.1) is 22.7 Å². The van der Waals surface area contributed by atoms with Crippen LogP contribution in [-0.4, -0.2) is 27.3 Å². The highest BCUT2D eigenvalue weighted by atomic mass is 32.2. The van der Waals surface area contributed by atoms with E-state index in [4.69, 9.17) is 4.98 Å². The molecule has 1 unspecified atom stereocenters. The Morgan fingerprint density at radius 1 is 0.969 bits per heavy atom. The molecule has 3 aromatic carbocycles. The van der Waals surface area contributed by atoms with E-state index in [9.17, 15) is 9.59 Å². The first-order valence-corrected chi connectivity index (χ1v) is 11.5. The van der Waals surface area contributed by atoms with E-state index >= 15 is 0 Å². The molecule has 0 aliphatic heterocycles. The monoisotopic (exact) mass is 443 g/mol. The van der Waals surface area contributed by atoms with Crippen molar-refractivity contribution in [1.29, 1.82) is 0 Å². The molecular formula is C26H25N3O2S. The highest BCUT2D eigenvalue weighted by Crippen LogP contribution is 2.26. The van der Waals surface area contributed by atoms with Crippen LogP contribution in [0, 0.1) is 0 Å². The summed E-state index contributed by atoms with van der Waals surface area (Å²) < 4.78 is 1.67. The van der Waals surface area contributed by atoms with Crippen molar-refractivity contribution < 1.29 is 4.79 Å². The van der Waals surface area contributed by atoms with Gasteiger partial charge in [-0.2, -0.15) is 0 Å². The van der Waals surface area contributed by atoms with E-state index in [2.05, 4.69) is 0 Å². The van der Waals surface area contributed by atoms with E-state index < -0.39 is 5.25 Å². The quantitative estimate of drug-likeness (QED) is 0.299. The van der Waals surface area contributed by atoms with Crippen molar-refractivity contribution in [2.45, 2.75) is 30.8 Å². The number of thioether (sulfide) groups is 1. The Hall–Kier alpha value is -3.38. The third-order valence-corrected chi connectivity index (χ3v) is 6.37. The molecule has 32 heavy (non-hydrogen) atoms. The Balaban J connectivity index is 1.70. The van der Waals surface area contributed by atoms with Crippen molar-refractivity contribution in [3.63, 3.8) is 0 Å². The summed E-state index contributed by atoms with van der Waals surface area (Å²) in [5.74, 6) is -0.0163. The number of rotatable bonds is 7. The summed E-state index contributed by atoms with van der Waals surface area (Å²) in [6, 6.07) is 26.8. The van der Waals surface area contributed by atoms with Gasteiger partial charge in [0, 0.05) is 12.2 Å². The molecule has 1 heterocycles. The van der Waals surface area contributed by atoms with Crippen molar-refractivity contribution in [1.82, 2.24) is 9.55 Å². The molecule has 0 radical (unpaired) electrons. The Bertz CT molecular complexity index is 1270. The number of fused-ring (bicyclic) bond motifs is 1. The minimum Gasteiger partial charge on any atom is -0.312 e. The standard InChI is InChI=1S/C26H25N3O2S/c1-3-28(21-14-8-5-9-15-21)24(30)19(2)32-26-27-23-17-11-10-16-22(23)25(31)29(26)18-20-12-6-4-7-13-20/h4-17,19H,3,18H2,1-2H3. The van der Waals surface area contributed by atoms with Crippen LogP contribution in [0.3, 0.4) is 0 Å². The average molecular weight is 444 g/mol. The highest BCUT2D eigenvalue weighted by molar-refractivity contribution is 8.00. The molecule has 0 saturated carbocycles. The zero-order valence-corrected chi connectivity index (χ0v) is 19.0. The molecule has 0 bridgehead atoms. The summed E-state index contributed by atoms with van der Waals surface area (Å²) in [6.07, 6.45) is 0. The van der Waals surface area contributed by atoms with Gasteiger partial charge in [0.2, 0.25) is 5.91 Å². The third-order valence-electron chi connectivity index (χ3n) is 5.29. The molecule has 1 atom stereocenters. The van der Waals surface area contributed by atoms with Gasteiger partial charge in [-0.05, 0) is 43.7 Å². The largest absolute Gasteiger partial charge is 0.312 e. The van der Waals surface area contributed by atoms with Gasteiger partial charge >= 0.3 is 0 Å². The second kappa shape index (κ2) is 9.83. The maximum absolute atomic E-state index is 13.3. The molecule has 1 amide bonds. The number of carbonyl (C=O) groups excluding carboxylic acids is 1. The first kappa shape index (κ1) is 21.8. The number of hydrogen-bond acceptors (Lipinski definition) is 4. The normalized spacial score (nSPS) is 11.9. The predicted octanol–water partition coefficient (Wildman–Crippen LogP) is 4.98. The van der Waals surface area contributed by atoms with Crippen molar-refractivity contribution in [3.05, 3.63) is 101 Å². The molecule has 4 rings (SSSR count). The molecule has 0 saturated heterocycles. The van der Waals surface area contributed by atoms with E-state index in [-0.39, 0.29) is 11.5 Å². The van der Waals surface area contributed by atoms with Gasteiger partial charge in [-0.15, -0.1) is 0 Å². The molecule has 6 heteroatoms. The molecule has 5 nitrogen and oxygen atoms in total. The van der Waals surface area contributed by atoms with Gasteiger partial charge in [0.1, 0.15) is 0 Å². The van der Waals surface area contributed by atoms with Gasteiger partial charge in [-0.1, -0.05) is 72.4 Å². The molecule has 1 aromatic heterocycles. The van der Waals surface area contributed by atoms with E-state index in [1.54, 1.807) is 15.5 Å². The fraction of sp³-hybridized carbons (Fsp3) is 0.192. The summed E-state index contributed by atoms with van der Waals surface area (Å²) in [7, 11) is 0. The summed E-state index contributed by atoms with van der Waals surface area (Å²) in [5.41, 5.74) is 2.41. The highest BCUT2D eigenvalue weighted by Gasteiger charge is 2.24. The fourth-order valence-corrected chi connectivity index (χ4v) is 4.61. The van der Waals surface area contributed by atoms with E-state index in [1.807, 2.05) is 92.7 Å². The Kier molecular flexibility index (Phi) is 6.71. The minimum atomic E-state index is -0.412. The van der Waals surface area contributed by atoms with Crippen LogP contribution in [0.15, 0.2) is 94.9 Å². The zero-order chi connectivity index (χ0) is 22.5. The van der Waals surface area contributed by atoms with Crippen LogP contribution in [0.1, 0.15) is 19.4 Å². The fourth-order valence-electron chi connectivity index (χ4n) is 3.64. The number of benzene rings is 3. The van der Waals surface area contributed by atoms with E-state index in [1.165, 1.54) is 11.8 Å². The molecule has 4 aromatic rings. The van der Waals surface area contributed by atoms with Gasteiger partial charge < -0.3 is 4.90 Å². The number of anilines is 1. The lowest BCUT2D eigenvalue weighted by atomic mass is 10.2. The number of carbonyl (C=O) groups is 1. The lowest BCUT2D eigenvalue weighted by Gasteiger charge is -2.24. The smallest absolute Gasteiger partial charge is 0.262 e. The van der Waals surface area contributed by atoms with Crippen LogP contribution in [0.2, 0.25) is 0 Å². The second-order valence-corrected chi connectivity index (χ2v) is 8.77. The summed E-state index contributed by atoms with van der Waals surface area (Å²) in [4.78, 5) is 33.1. The molecule has 0 N–H and O–H groups in total. The molecule has 0 aliphatic rings. The van der Waals surface area contributed by atoms with Crippen molar-refractivity contribution in [2.75, 3.05) is 11.4 Å². The van der Waals surface area contributed by atoms with E-state index in [0.717, 1.165) is 11.3 Å².